The molecule has 4 nitrogen and oxygen atoms in total. The second-order valence-electron chi connectivity index (χ2n) is 5.96. The zero-order valence-corrected chi connectivity index (χ0v) is 14.9. The van der Waals surface area contributed by atoms with Crippen LogP contribution in [0.4, 0.5) is 11.4 Å². The van der Waals surface area contributed by atoms with Gasteiger partial charge in [0.1, 0.15) is 0 Å². The highest BCUT2D eigenvalue weighted by molar-refractivity contribution is 5.49. The summed E-state index contributed by atoms with van der Waals surface area (Å²) in [6.07, 6.45) is 0. The van der Waals surface area contributed by atoms with Gasteiger partial charge in [0, 0.05) is 22.3 Å². The molecule has 0 aliphatic rings. The predicted molar refractivity (Wildman–Crippen MR) is 113 cm³/mol. The van der Waals surface area contributed by atoms with Gasteiger partial charge >= 0.3 is 0 Å². The second kappa shape index (κ2) is 8.40. The predicted octanol–water partition coefficient (Wildman–Crippen LogP) is 2.37. The number of benzene rings is 1. The highest BCUT2D eigenvalue weighted by Gasteiger charge is 1.93. The molecular formula is C24H16N2O2. The molecule has 0 heterocycles. The van der Waals surface area contributed by atoms with Gasteiger partial charge in [-0.05, 0) is 72.8 Å². The number of hydrogen-bond donors (Lipinski definition) is 2. The van der Waals surface area contributed by atoms with Crippen molar-refractivity contribution in [1.82, 2.24) is 0 Å². The molecule has 0 aromatic heterocycles. The van der Waals surface area contributed by atoms with Crippen LogP contribution in [0.1, 0.15) is 22.3 Å². The zero-order valence-electron chi connectivity index (χ0n) is 14.9. The van der Waals surface area contributed by atoms with Crippen molar-refractivity contribution in [2.24, 2.45) is 0 Å². The molecule has 0 saturated heterocycles. The summed E-state index contributed by atoms with van der Waals surface area (Å²) < 4.78 is 0. The molecule has 3 aromatic rings. The van der Waals surface area contributed by atoms with Gasteiger partial charge in [0.2, 0.25) is 10.9 Å². The van der Waals surface area contributed by atoms with Crippen LogP contribution in [0.3, 0.4) is 0 Å². The maximum atomic E-state index is 11.5. The maximum absolute atomic E-state index is 11.5. The van der Waals surface area contributed by atoms with Gasteiger partial charge < -0.3 is 11.5 Å². The fourth-order valence-electron chi connectivity index (χ4n) is 2.25. The Morgan fingerprint density at radius 3 is 1.00 bits per heavy atom. The van der Waals surface area contributed by atoms with E-state index in [4.69, 9.17) is 11.5 Å². The first-order chi connectivity index (χ1) is 13.5. The third-order valence-electron chi connectivity index (χ3n) is 3.87. The molecule has 0 aliphatic carbocycles. The second-order valence-corrected chi connectivity index (χ2v) is 5.96. The smallest absolute Gasteiger partial charge is 0.201 e. The Labute approximate surface area is 162 Å². The Balaban J connectivity index is 1.79. The molecule has 28 heavy (non-hydrogen) atoms. The average Bonchev–Trinajstić information content (AvgIpc) is 2.97. The quantitative estimate of drug-likeness (QED) is 0.600. The lowest BCUT2D eigenvalue weighted by molar-refractivity contribution is 1.59. The number of nitrogens with two attached hydrogens (primary N) is 2. The average molecular weight is 364 g/mol. The molecule has 3 aromatic carbocycles. The molecule has 0 amide bonds. The van der Waals surface area contributed by atoms with Gasteiger partial charge in [-0.25, -0.2) is 0 Å². The van der Waals surface area contributed by atoms with E-state index < -0.39 is 0 Å². The van der Waals surface area contributed by atoms with Crippen LogP contribution in [-0.4, -0.2) is 0 Å². The molecular weight excluding hydrogens is 348 g/mol. The van der Waals surface area contributed by atoms with Gasteiger partial charge in [-0.15, -0.1) is 0 Å². The molecule has 134 valence electrons. The van der Waals surface area contributed by atoms with E-state index in [1.807, 2.05) is 24.3 Å². The molecule has 0 saturated carbocycles. The van der Waals surface area contributed by atoms with E-state index in [-0.39, 0.29) is 22.2 Å². The van der Waals surface area contributed by atoms with E-state index in [0.717, 1.165) is 11.1 Å². The zero-order chi connectivity index (χ0) is 19.9. The fourth-order valence-corrected chi connectivity index (χ4v) is 2.25. The van der Waals surface area contributed by atoms with E-state index in [1.54, 1.807) is 36.4 Å². The number of anilines is 2. The number of nitrogen functional groups attached to an aromatic ring is 2. The molecule has 0 aliphatic heterocycles. The van der Waals surface area contributed by atoms with E-state index in [2.05, 4.69) is 23.7 Å². The van der Waals surface area contributed by atoms with Crippen molar-refractivity contribution in [3.8, 4) is 23.7 Å². The SMILES string of the molecule is Nc1ccc(C#Cc2ccc(C#Cc3ccc(N)c(=O)cc3)cc2)ccc1=O. The standard InChI is InChI=1S/C24H16N2O2/c25-21-13-9-19(11-15-23(21)27)7-5-17-1-2-18(4-3-17)6-8-20-10-14-22(26)24(28)16-12-20/h1-4,9-16H,(H2,25,27)(H2,26,28). The molecule has 0 unspecified atom stereocenters. The lowest BCUT2D eigenvalue weighted by Gasteiger charge is -1.92. The highest BCUT2D eigenvalue weighted by atomic mass is 16.1. The molecule has 4 heteroatoms. The van der Waals surface area contributed by atoms with E-state index >= 15 is 0 Å². The minimum Gasteiger partial charge on any atom is -0.396 e. The Morgan fingerprint density at radius 2 is 0.679 bits per heavy atom. The first-order valence-electron chi connectivity index (χ1n) is 8.45. The van der Waals surface area contributed by atoms with Crippen molar-refractivity contribution in [2.45, 2.75) is 0 Å². The van der Waals surface area contributed by atoms with Crippen molar-refractivity contribution in [3.05, 3.63) is 115 Å². The highest BCUT2D eigenvalue weighted by Crippen LogP contribution is 2.04. The summed E-state index contributed by atoms with van der Waals surface area (Å²) >= 11 is 0. The molecule has 4 N–H and O–H groups in total. The van der Waals surface area contributed by atoms with Crippen molar-refractivity contribution >= 4 is 11.4 Å². The van der Waals surface area contributed by atoms with Crippen molar-refractivity contribution in [2.75, 3.05) is 11.5 Å². The van der Waals surface area contributed by atoms with E-state index in [9.17, 15) is 9.59 Å². The van der Waals surface area contributed by atoms with Crippen molar-refractivity contribution in [3.63, 3.8) is 0 Å². The first-order valence-corrected chi connectivity index (χ1v) is 8.45. The molecule has 0 bridgehead atoms. The van der Waals surface area contributed by atoms with Crippen LogP contribution < -0.4 is 22.3 Å². The lowest BCUT2D eigenvalue weighted by Crippen LogP contribution is -2.01. The Hall–Kier alpha value is -4.28. The summed E-state index contributed by atoms with van der Waals surface area (Å²) in [6, 6.07) is 20.1. The van der Waals surface area contributed by atoms with Gasteiger partial charge in [0.25, 0.3) is 0 Å². The van der Waals surface area contributed by atoms with Crippen LogP contribution in [0, 0.1) is 23.7 Å². The third-order valence-corrected chi connectivity index (χ3v) is 3.87. The first kappa shape index (κ1) is 18.5. The van der Waals surface area contributed by atoms with Gasteiger partial charge in [-0.1, -0.05) is 23.7 Å². The van der Waals surface area contributed by atoms with Crippen molar-refractivity contribution in [1.29, 1.82) is 0 Å². The molecule has 0 radical (unpaired) electrons. The normalized spacial score (nSPS) is 9.43. The van der Waals surface area contributed by atoms with Crippen LogP contribution in [0.25, 0.3) is 0 Å². The van der Waals surface area contributed by atoms with Crippen LogP contribution in [-0.2, 0) is 0 Å². The Bertz CT molecular complexity index is 1170. The molecule has 0 atom stereocenters. The van der Waals surface area contributed by atoms with Crippen molar-refractivity contribution < 1.29 is 0 Å². The number of hydrogen-bond acceptors (Lipinski definition) is 4. The number of rotatable bonds is 0. The molecule has 0 fully saturated rings. The van der Waals surface area contributed by atoms with Gasteiger partial charge in [0.05, 0.1) is 11.4 Å². The fraction of sp³-hybridized carbons (Fsp3) is 0. The van der Waals surface area contributed by atoms with Gasteiger partial charge in [-0.2, -0.15) is 0 Å². The Kier molecular flexibility index (Phi) is 5.55. The maximum Gasteiger partial charge on any atom is 0.201 e. The van der Waals surface area contributed by atoms with E-state index in [1.165, 1.54) is 12.1 Å². The monoisotopic (exact) mass is 364 g/mol. The third kappa shape index (κ3) is 4.88. The molecule has 3 rings (SSSR count). The summed E-state index contributed by atoms with van der Waals surface area (Å²) in [5.41, 5.74) is 14.2. The summed E-state index contributed by atoms with van der Waals surface area (Å²) in [6.45, 7) is 0. The van der Waals surface area contributed by atoms with Gasteiger partial charge in [-0.3, -0.25) is 9.59 Å². The summed E-state index contributed by atoms with van der Waals surface area (Å²) in [4.78, 5) is 23.0. The van der Waals surface area contributed by atoms with Crippen LogP contribution >= 0.6 is 0 Å². The summed E-state index contributed by atoms with van der Waals surface area (Å²) in [5, 5.41) is 0. The van der Waals surface area contributed by atoms with E-state index in [0.29, 0.717) is 11.1 Å². The Morgan fingerprint density at radius 1 is 0.429 bits per heavy atom. The lowest BCUT2D eigenvalue weighted by atomic mass is 10.1. The minimum absolute atomic E-state index is 0.192. The molecule has 0 spiro atoms. The summed E-state index contributed by atoms with van der Waals surface area (Å²) in [7, 11) is 0. The van der Waals surface area contributed by atoms with Crippen LogP contribution in [0.2, 0.25) is 0 Å². The van der Waals surface area contributed by atoms with Crippen LogP contribution in [0.15, 0.2) is 82.4 Å². The summed E-state index contributed by atoms with van der Waals surface area (Å²) in [5.74, 6) is 12.1. The topological polar surface area (TPSA) is 86.2 Å². The minimum atomic E-state index is -0.225. The van der Waals surface area contributed by atoms with Gasteiger partial charge in [0.15, 0.2) is 0 Å². The van der Waals surface area contributed by atoms with Crippen LogP contribution in [0.5, 0.6) is 0 Å². The largest absolute Gasteiger partial charge is 0.396 e.